The van der Waals surface area contributed by atoms with Gasteiger partial charge in [0.2, 0.25) is 5.89 Å². The van der Waals surface area contributed by atoms with E-state index >= 15 is 0 Å². The molecule has 2 rings (SSSR count). The second kappa shape index (κ2) is 6.13. The van der Waals surface area contributed by atoms with Crippen LogP contribution in [-0.4, -0.2) is 16.3 Å². The fourth-order valence-corrected chi connectivity index (χ4v) is 1.68. The number of hydrogen-bond acceptors (Lipinski definition) is 4. The zero-order valence-corrected chi connectivity index (χ0v) is 11.0. The summed E-state index contributed by atoms with van der Waals surface area (Å²) in [5, 5.41) is 7.06. The predicted molar refractivity (Wildman–Crippen MR) is 67.5 cm³/mol. The third-order valence-corrected chi connectivity index (χ3v) is 2.65. The Kier molecular flexibility index (Phi) is 4.49. The molecule has 108 valence electrons. The summed E-state index contributed by atoms with van der Waals surface area (Å²) in [6, 6.07) is 7.01. The summed E-state index contributed by atoms with van der Waals surface area (Å²) in [5.41, 5.74) is 0.757. The molecule has 0 saturated carbocycles. The summed E-state index contributed by atoms with van der Waals surface area (Å²) in [4.78, 5) is 3.88. The van der Waals surface area contributed by atoms with Gasteiger partial charge in [-0.25, -0.2) is 0 Å². The van der Waals surface area contributed by atoms with Gasteiger partial charge >= 0.3 is 6.18 Å². The molecule has 1 aromatic heterocycles. The highest BCUT2D eigenvalue weighted by Gasteiger charge is 2.27. The van der Waals surface area contributed by atoms with E-state index in [2.05, 4.69) is 15.5 Å². The highest BCUT2D eigenvalue weighted by Crippen LogP contribution is 2.21. The molecular weight excluding hydrogens is 295 g/mol. The van der Waals surface area contributed by atoms with E-state index in [-0.39, 0.29) is 24.7 Å². The Balaban J connectivity index is 1.87. The topological polar surface area (TPSA) is 51.0 Å². The summed E-state index contributed by atoms with van der Waals surface area (Å²) < 4.78 is 41.0. The third kappa shape index (κ3) is 4.73. The molecule has 0 unspecified atom stereocenters. The van der Waals surface area contributed by atoms with E-state index in [9.17, 15) is 13.2 Å². The molecule has 20 heavy (non-hydrogen) atoms. The van der Waals surface area contributed by atoms with Gasteiger partial charge in [0.25, 0.3) is 0 Å². The van der Waals surface area contributed by atoms with Crippen molar-refractivity contribution in [2.24, 2.45) is 0 Å². The quantitative estimate of drug-likeness (QED) is 0.912. The Bertz CT molecular complexity index is 571. The van der Waals surface area contributed by atoms with E-state index in [1.807, 2.05) is 0 Å². The average Bonchev–Trinajstić information content (AvgIpc) is 2.81. The molecule has 8 heteroatoms. The number of anilines is 1. The van der Waals surface area contributed by atoms with E-state index in [1.54, 1.807) is 24.3 Å². The number of aryl methyl sites for hydroxylation is 1. The first-order chi connectivity index (χ1) is 9.42. The molecule has 0 aliphatic heterocycles. The Hall–Kier alpha value is -1.76. The lowest BCUT2D eigenvalue weighted by Gasteiger charge is -2.03. The average molecular weight is 306 g/mol. The summed E-state index contributed by atoms with van der Waals surface area (Å²) in [7, 11) is 0. The maximum atomic E-state index is 12.0. The zero-order valence-electron chi connectivity index (χ0n) is 10.2. The van der Waals surface area contributed by atoms with Crippen molar-refractivity contribution >= 4 is 17.3 Å². The number of hydrogen-bond donors (Lipinski definition) is 1. The number of nitrogens with zero attached hydrogens (tertiary/aromatic N) is 2. The van der Waals surface area contributed by atoms with Gasteiger partial charge in [0.15, 0.2) is 5.82 Å². The van der Waals surface area contributed by atoms with Gasteiger partial charge in [-0.15, -0.1) is 0 Å². The van der Waals surface area contributed by atoms with E-state index in [4.69, 9.17) is 16.1 Å². The fourth-order valence-electron chi connectivity index (χ4n) is 1.49. The van der Waals surface area contributed by atoms with Crippen molar-refractivity contribution in [3.63, 3.8) is 0 Å². The van der Waals surface area contributed by atoms with E-state index in [0.29, 0.717) is 5.02 Å². The summed E-state index contributed by atoms with van der Waals surface area (Å²) in [6.45, 7) is 0.222. The highest BCUT2D eigenvalue weighted by molar-refractivity contribution is 6.30. The first-order valence-corrected chi connectivity index (χ1v) is 6.18. The van der Waals surface area contributed by atoms with Crippen molar-refractivity contribution in [1.29, 1.82) is 0 Å². The molecule has 0 aliphatic rings. The number of alkyl halides is 3. The number of rotatable bonds is 5. The lowest BCUT2D eigenvalue weighted by molar-refractivity contribution is -0.134. The summed E-state index contributed by atoms with van der Waals surface area (Å²) in [5.74, 6) is 0.271. The van der Waals surface area contributed by atoms with Crippen LogP contribution < -0.4 is 5.32 Å². The van der Waals surface area contributed by atoms with Crippen LogP contribution in [-0.2, 0) is 13.0 Å². The lowest BCUT2D eigenvalue weighted by atomic mass is 10.3. The maximum Gasteiger partial charge on any atom is 0.389 e. The van der Waals surface area contributed by atoms with Crippen molar-refractivity contribution in [3.05, 3.63) is 41.0 Å². The number of aromatic nitrogens is 2. The first-order valence-electron chi connectivity index (χ1n) is 5.80. The molecule has 0 bridgehead atoms. The van der Waals surface area contributed by atoms with Crippen LogP contribution in [0.15, 0.2) is 28.8 Å². The van der Waals surface area contributed by atoms with Gasteiger partial charge in [-0.1, -0.05) is 22.8 Å². The van der Waals surface area contributed by atoms with Gasteiger partial charge in [-0.05, 0) is 18.2 Å². The minimum absolute atomic E-state index is 0.0465. The van der Waals surface area contributed by atoms with Crippen LogP contribution in [0.1, 0.15) is 18.1 Å². The smallest absolute Gasteiger partial charge is 0.376 e. The van der Waals surface area contributed by atoms with Crippen LogP contribution in [0.4, 0.5) is 18.9 Å². The first kappa shape index (κ1) is 14.6. The van der Waals surface area contributed by atoms with Gasteiger partial charge in [0.05, 0.1) is 13.0 Å². The zero-order chi connectivity index (χ0) is 14.6. The van der Waals surface area contributed by atoms with Crippen LogP contribution in [0, 0.1) is 0 Å². The van der Waals surface area contributed by atoms with E-state index < -0.39 is 12.6 Å². The van der Waals surface area contributed by atoms with Crippen LogP contribution in [0.2, 0.25) is 5.02 Å². The molecule has 1 N–H and O–H groups in total. The lowest BCUT2D eigenvalue weighted by Crippen LogP contribution is -2.09. The van der Waals surface area contributed by atoms with Crippen molar-refractivity contribution in [2.45, 2.75) is 25.6 Å². The molecule has 0 spiro atoms. The molecule has 2 aromatic rings. The molecule has 0 saturated heterocycles. The van der Waals surface area contributed by atoms with Gasteiger partial charge in [-0.3, -0.25) is 0 Å². The van der Waals surface area contributed by atoms with Crippen LogP contribution >= 0.6 is 11.6 Å². The molecule has 0 fully saturated rings. The Morgan fingerprint density at radius 2 is 2.10 bits per heavy atom. The molecule has 0 aliphatic carbocycles. The fraction of sp³-hybridized carbons (Fsp3) is 0.333. The molecule has 0 amide bonds. The predicted octanol–water partition coefficient (Wildman–Crippen LogP) is 3.83. The Morgan fingerprint density at radius 3 is 2.80 bits per heavy atom. The van der Waals surface area contributed by atoms with Gasteiger partial charge in [-0.2, -0.15) is 18.2 Å². The molecule has 1 heterocycles. The number of nitrogens with one attached hydrogen (secondary N) is 1. The molecule has 1 aromatic carbocycles. The monoisotopic (exact) mass is 305 g/mol. The van der Waals surface area contributed by atoms with Crippen LogP contribution in [0.3, 0.4) is 0 Å². The maximum absolute atomic E-state index is 12.0. The van der Waals surface area contributed by atoms with Crippen molar-refractivity contribution in [3.8, 4) is 0 Å². The van der Waals surface area contributed by atoms with Crippen LogP contribution in [0.5, 0.6) is 0 Å². The second-order valence-electron chi connectivity index (χ2n) is 4.08. The highest BCUT2D eigenvalue weighted by atomic mass is 35.5. The normalized spacial score (nSPS) is 11.6. The number of halogens is 4. The summed E-state index contributed by atoms with van der Waals surface area (Å²) in [6.07, 6.45) is -5.47. The van der Waals surface area contributed by atoms with E-state index in [0.717, 1.165) is 5.69 Å². The molecular formula is C12H11ClF3N3O. The Morgan fingerprint density at radius 1 is 1.30 bits per heavy atom. The molecule has 4 nitrogen and oxygen atoms in total. The van der Waals surface area contributed by atoms with E-state index in [1.165, 1.54) is 0 Å². The summed E-state index contributed by atoms with van der Waals surface area (Å²) >= 11 is 5.82. The van der Waals surface area contributed by atoms with Crippen LogP contribution in [0.25, 0.3) is 0 Å². The largest absolute Gasteiger partial charge is 0.389 e. The van der Waals surface area contributed by atoms with Gasteiger partial charge < -0.3 is 9.84 Å². The van der Waals surface area contributed by atoms with Gasteiger partial charge in [0.1, 0.15) is 0 Å². The van der Waals surface area contributed by atoms with Crippen molar-refractivity contribution in [1.82, 2.24) is 10.1 Å². The van der Waals surface area contributed by atoms with Gasteiger partial charge in [0, 0.05) is 17.1 Å². The third-order valence-electron chi connectivity index (χ3n) is 2.41. The molecule has 0 radical (unpaired) electrons. The SMILES string of the molecule is FC(F)(F)CCc1noc(CNc2cccc(Cl)c2)n1. The second-order valence-corrected chi connectivity index (χ2v) is 4.52. The minimum Gasteiger partial charge on any atom is -0.376 e. The van der Waals surface area contributed by atoms with Crippen molar-refractivity contribution < 1.29 is 17.7 Å². The molecule has 0 atom stereocenters. The van der Waals surface area contributed by atoms with Crippen molar-refractivity contribution in [2.75, 3.05) is 5.32 Å². The standard InChI is InChI=1S/C12H11ClF3N3O/c13-8-2-1-3-9(6-8)17-7-11-18-10(19-20-11)4-5-12(14,15)16/h1-3,6,17H,4-5,7H2. The minimum atomic E-state index is -4.22. The number of benzene rings is 1. The Labute approximate surface area is 117 Å².